The summed E-state index contributed by atoms with van der Waals surface area (Å²) < 4.78 is 0. The Hall–Kier alpha value is -0.830. The number of carbonyl (C=O) groups is 1. The molecule has 2 rings (SSSR count). The fraction of sp³-hybridized carbons (Fsp3) is 0.562. The molecule has 1 fully saturated rings. The van der Waals surface area contributed by atoms with Crippen molar-refractivity contribution in [2.75, 3.05) is 11.9 Å². The SMILES string of the molecule is CCc1ccc(C(=O)N2CCCC2CCCBr)cc1. The molecule has 0 aromatic heterocycles. The van der Waals surface area contributed by atoms with Crippen LogP contribution in [0.5, 0.6) is 0 Å². The van der Waals surface area contributed by atoms with Crippen LogP contribution in [0.4, 0.5) is 0 Å². The van der Waals surface area contributed by atoms with Crippen molar-refractivity contribution in [1.82, 2.24) is 4.90 Å². The number of hydrogen-bond donors (Lipinski definition) is 0. The lowest BCUT2D eigenvalue weighted by Gasteiger charge is -2.24. The molecular weight excluding hydrogens is 302 g/mol. The maximum absolute atomic E-state index is 12.5. The molecule has 3 heteroatoms. The number of alkyl halides is 1. The van der Waals surface area contributed by atoms with Gasteiger partial charge in [0.25, 0.3) is 5.91 Å². The summed E-state index contributed by atoms with van der Waals surface area (Å²) >= 11 is 3.47. The first-order valence-corrected chi connectivity index (χ1v) is 8.34. The Morgan fingerprint density at radius 2 is 2.11 bits per heavy atom. The monoisotopic (exact) mass is 323 g/mol. The molecule has 0 bridgehead atoms. The number of halogens is 1. The number of carbonyl (C=O) groups excluding carboxylic acids is 1. The summed E-state index contributed by atoms with van der Waals surface area (Å²) in [5, 5.41) is 1.02. The lowest BCUT2D eigenvalue weighted by atomic mass is 10.1. The van der Waals surface area contributed by atoms with Gasteiger partial charge in [-0.3, -0.25) is 4.79 Å². The highest BCUT2D eigenvalue weighted by Gasteiger charge is 2.28. The maximum atomic E-state index is 12.5. The summed E-state index contributed by atoms with van der Waals surface area (Å²) in [4.78, 5) is 14.6. The predicted molar refractivity (Wildman–Crippen MR) is 82.9 cm³/mol. The molecule has 19 heavy (non-hydrogen) atoms. The van der Waals surface area contributed by atoms with Crippen LogP contribution in [-0.4, -0.2) is 28.7 Å². The molecule has 1 unspecified atom stereocenters. The van der Waals surface area contributed by atoms with Gasteiger partial charge in [0.15, 0.2) is 0 Å². The molecule has 1 aliphatic heterocycles. The fourth-order valence-electron chi connectivity index (χ4n) is 2.76. The predicted octanol–water partition coefficient (Wildman–Crippen LogP) is 4.03. The Morgan fingerprint density at radius 3 is 2.74 bits per heavy atom. The van der Waals surface area contributed by atoms with E-state index in [0.717, 1.165) is 49.5 Å². The average molecular weight is 324 g/mol. The molecule has 1 aromatic carbocycles. The largest absolute Gasteiger partial charge is 0.336 e. The molecule has 0 radical (unpaired) electrons. The Kier molecular flexibility index (Phi) is 5.44. The molecule has 0 saturated carbocycles. The smallest absolute Gasteiger partial charge is 0.254 e. The van der Waals surface area contributed by atoms with Gasteiger partial charge in [0, 0.05) is 23.5 Å². The normalized spacial score (nSPS) is 18.8. The Morgan fingerprint density at radius 1 is 1.37 bits per heavy atom. The third kappa shape index (κ3) is 3.59. The first-order chi connectivity index (χ1) is 9.26. The van der Waals surface area contributed by atoms with E-state index in [1.165, 1.54) is 5.56 Å². The third-order valence-electron chi connectivity index (χ3n) is 3.92. The van der Waals surface area contributed by atoms with Crippen LogP contribution in [0.1, 0.15) is 48.5 Å². The molecule has 104 valence electrons. The minimum atomic E-state index is 0.208. The van der Waals surface area contributed by atoms with Gasteiger partial charge in [0.1, 0.15) is 0 Å². The van der Waals surface area contributed by atoms with E-state index < -0.39 is 0 Å². The zero-order valence-electron chi connectivity index (χ0n) is 11.6. The minimum Gasteiger partial charge on any atom is -0.336 e. The van der Waals surface area contributed by atoms with Gasteiger partial charge >= 0.3 is 0 Å². The number of amides is 1. The van der Waals surface area contributed by atoms with E-state index in [0.29, 0.717) is 6.04 Å². The van der Waals surface area contributed by atoms with Crippen molar-refractivity contribution in [3.63, 3.8) is 0 Å². The maximum Gasteiger partial charge on any atom is 0.254 e. The highest BCUT2D eigenvalue weighted by atomic mass is 79.9. The van der Waals surface area contributed by atoms with Gasteiger partial charge in [0.05, 0.1) is 0 Å². The van der Waals surface area contributed by atoms with Crippen LogP contribution in [0.2, 0.25) is 0 Å². The van der Waals surface area contributed by atoms with E-state index in [2.05, 4.69) is 39.9 Å². The number of rotatable bonds is 5. The lowest BCUT2D eigenvalue weighted by Crippen LogP contribution is -2.35. The van der Waals surface area contributed by atoms with Crippen molar-refractivity contribution in [3.05, 3.63) is 35.4 Å². The van der Waals surface area contributed by atoms with Gasteiger partial charge in [-0.15, -0.1) is 0 Å². The van der Waals surface area contributed by atoms with Crippen molar-refractivity contribution >= 4 is 21.8 Å². The zero-order valence-corrected chi connectivity index (χ0v) is 13.2. The third-order valence-corrected chi connectivity index (χ3v) is 4.48. The molecule has 2 nitrogen and oxygen atoms in total. The first-order valence-electron chi connectivity index (χ1n) is 7.22. The van der Waals surface area contributed by atoms with E-state index >= 15 is 0 Å². The van der Waals surface area contributed by atoms with E-state index in [1.807, 2.05) is 12.1 Å². The molecule has 0 N–H and O–H groups in total. The Bertz CT molecular complexity index is 415. The molecule has 1 amide bonds. The van der Waals surface area contributed by atoms with E-state index in [1.54, 1.807) is 0 Å². The van der Waals surface area contributed by atoms with Crippen LogP contribution in [0.3, 0.4) is 0 Å². The Balaban J connectivity index is 2.04. The van der Waals surface area contributed by atoms with Crippen LogP contribution >= 0.6 is 15.9 Å². The average Bonchev–Trinajstić information content (AvgIpc) is 2.92. The fourth-order valence-corrected chi connectivity index (χ4v) is 3.09. The van der Waals surface area contributed by atoms with Gasteiger partial charge in [0.2, 0.25) is 0 Å². The highest BCUT2D eigenvalue weighted by molar-refractivity contribution is 9.09. The summed E-state index contributed by atoms with van der Waals surface area (Å²) in [6.07, 6.45) is 5.58. The van der Waals surface area contributed by atoms with Crippen molar-refractivity contribution in [1.29, 1.82) is 0 Å². The summed E-state index contributed by atoms with van der Waals surface area (Å²) in [6.45, 7) is 3.05. The standard InChI is InChI=1S/C16H22BrNO/c1-2-13-7-9-14(10-8-13)16(19)18-12-4-6-15(18)5-3-11-17/h7-10,15H,2-6,11-12H2,1H3. The van der Waals surface area contributed by atoms with Gasteiger partial charge in [-0.2, -0.15) is 0 Å². The number of hydrogen-bond acceptors (Lipinski definition) is 1. The summed E-state index contributed by atoms with van der Waals surface area (Å²) in [6, 6.07) is 8.52. The Labute approximate surface area is 124 Å². The molecule has 1 atom stereocenters. The van der Waals surface area contributed by atoms with Crippen molar-refractivity contribution in [2.45, 2.75) is 45.1 Å². The van der Waals surface area contributed by atoms with Gasteiger partial charge < -0.3 is 4.90 Å². The quantitative estimate of drug-likeness (QED) is 0.749. The molecule has 1 aliphatic rings. The minimum absolute atomic E-state index is 0.208. The molecule has 0 aliphatic carbocycles. The molecule has 1 saturated heterocycles. The van der Waals surface area contributed by atoms with Crippen LogP contribution in [0.25, 0.3) is 0 Å². The number of nitrogens with zero attached hydrogens (tertiary/aromatic N) is 1. The second-order valence-electron chi connectivity index (χ2n) is 5.18. The number of aryl methyl sites for hydroxylation is 1. The summed E-state index contributed by atoms with van der Waals surface area (Å²) in [5.74, 6) is 0.208. The van der Waals surface area contributed by atoms with Gasteiger partial charge in [-0.1, -0.05) is 35.0 Å². The molecule has 1 heterocycles. The zero-order chi connectivity index (χ0) is 13.7. The molecule has 1 aromatic rings. The lowest BCUT2D eigenvalue weighted by molar-refractivity contribution is 0.0730. The highest BCUT2D eigenvalue weighted by Crippen LogP contribution is 2.24. The number of likely N-dealkylation sites (tertiary alicyclic amines) is 1. The number of benzene rings is 1. The van der Waals surface area contributed by atoms with Crippen LogP contribution in [0.15, 0.2) is 24.3 Å². The van der Waals surface area contributed by atoms with E-state index in [-0.39, 0.29) is 5.91 Å². The van der Waals surface area contributed by atoms with Crippen LogP contribution in [0, 0.1) is 0 Å². The van der Waals surface area contributed by atoms with Crippen molar-refractivity contribution in [2.24, 2.45) is 0 Å². The van der Waals surface area contributed by atoms with Gasteiger partial charge in [-0.05, 0) is 49.8 Å². The second kappa shape index (κ2) is 7.09. The molecule has 0 spiro atoms. The molecular formula is C16H22BrNO. The van der Waals surface area contributed by atoms with E-state index in [9.17, 15) is 4.79 Å². The second-order valence-corrected chi connectivity index (χ2v) is 5.97. The van der Waals surface area contributed by atoms with Gasteiger partial charge in [-0.25, -0.2) is 0 Å². The topological polar surface area (TPSA) is 20.3 Å². The van der Waals surface area contributed by atoms with E-state index in [4.69, 9.17) is 0 Å². The van der Waals surface area contributed by atoms with Crippen molar-refractivity contribution < 1.29 is 4.79 Å². The van der Waals surface area contributed by atoms with Crippen molar-refractivity contribution in [3.8, 4) is 0 Å². The van der Waals surface area contributed by atoms with Crippen LogP contribution in [-0.2, 0) is 6.42 Å². The van der Waals surface area contributed by atoms with Crippen LogP contribution < -0.4 is 0 Å². The first kappa shape index (κ1) is 14.6. The summed E-state index contributed by atoms with van der Waals surface area (Å²) in [5.41, 5.74) is 2.12. The summed E-state index contributed by atoms with van der Waals surface area (Å²) in [7, 11) is 0.